The highest BCUT2D eigenvalue weighted by Gasteiger charge is 2.12. The average Bonchev–Trinajstić information content (AvgIpc) is 3.16. The van der Waals surface area contributed by atoms with Gasteiger partial charge in [0, 0.05) is 23.3 Å². The molecule has 1 heterocycles. The van der Waals surface area contributed by atoms with Crippen LogP contribution in [0.2, 0.25) is 0 Å². The Bertz CT molecular complexity index is 1100. The van der Waals surface area contributed by atoms with Gasteiger partial charge in [-0.15, -0.1) is 0 Å². The highest BCUT2D eigenvalue weighted by atomic mass is 16.4. The maximum Gasteiger partial charge on any atom is 0.335 e. The summed E-state index contributed by atoms with van der Waals surface area (Å²) in [5.74, 6) is -1.54. The van der Waals surface area contributed by atoms with Gasteiger partial charge >= 0.3 is 5.97 Å². The fourth-order valence-corrected chi connectivity index (χ4v) is 2.67. The molecule has 0 radical (unpaired) electrons. The fraction of sp³-hybridized carbons (Fsp3) is 0.0455. The second kappa shape index (κ2) is 8.06. The van der Waals surface area contributed by atoms with E-state index < -0.39 is 11.9 Å². The number of aromatic nitrogens is 1. The van der Waals surface area contributed by atoms with E-state index in [9.17, 15) is 20.0 Å². The summed E-state index contributed by atoms with van der Waals surface area (Å²) >= 11 is 0. The maximum atomic E-state index is 12.5. The molecule has 138 valence electrons. The smallest absolute Gasteiger partial charge is 0.335 e. The zero-order valence-corrected chi connectivity index (χ0v) is 15.1. The van der Waals surface area contributed by atoms with Crippen LogP contribution in [0.25, 0.3) is 11.8 Å². The molecular weight excluding hydrogens is 354 g/mol. The number of aryl methyl sites for hydroxylation is 1. The number of nitriles is 1. The standard InChI is InChI=1S/C22H17N3O3/c1-15-7-9-18(10-8-15)24-21(26)17(14-23)13-20-6-3-11-25(20)19-5-2-4-16(12-19)22(27)28/h2-13H,1H3,(H,24,26)(H,27,28). The Kier molecular flexibility index (Phi) is 5.38. The summed E-state index contributed by atoms with van der Waals surface area (Å²) in [6, 6.07) is 19.1. The Hall–Kier alpha value is -4.11. The summed E-state index contributed by atoms with van der Waals surface area (Å²) in [6.45, 7) is 1.94. The number of carbonyl (C=O) groups excluding carboxylic acids is 1. The number of hydrogen-bond donors (Lipinski definition) is 2. The number of carboxylic acids is 1. The van der Waals surface area contributed by atoms with Crippen LogP contribution in [0.1, 0.15) is 21.6 Å². The number of amides is 1. The van der Waals surface area contributed by atoms with Gasteiger partial charge in [0.15, 0.2) is 0 Å². The van der Waals surface area contributed by atoms with Crippen LogP contribution in [0.3, 0.4) is 0 Å². The molecule has 0 aliphatic carbocycles. The van der Waals surface area contributed by atoms with E-state index in [-0.39, 0.29) is 11.1 Å². The van der Waals surface area contributed by atoms with E-state index in [1.807, 2.05) is 25.1 Å². The first-order valence-corrected chi connectivity index (χ1v) is 8.49. The summed E-state index contributed by atoms with van der Waals surface area (Å²) in [5, 5.41) is 21.3. The molecular formula is C22H17N3O3. The Balaban J connectivity index is 1.90. The third-order valence-corrected chi connectivity index (χ3v) is 4.12. The molecule has 0 aliphatic rings. The van der Waals surface area contributed by atoms with Gasteiger partial charge in [-0.05, 0) is 55.5 Å². The largest absolute Gasteiger partial charge is 0.478 e. The van der Waals surface area contributed by atoms with Gasteiger partial charge < -0.3 is 15.0 Å². The van der Waals surface area contributed by atoms with Crippen molar-refractivity contribution in [1.82, 2.24) is 4.57 Å². The molecule has 0 unspecified atom stereocenters. The predicted molar refractivity (Wildman–Crippen MR) is 106 cm³/mol. The number of hydrogen-bond acceptors (Lipinski definition) is 3. The lowest BCUT2D eigenvalue weighted by atomic mass is 10.1. The van der Waals surface area contributed by atoms with Crippen LogP contribution >= 0.6 is 0 Å². The summed E-state index contributed by atoms with van der Waals surface area (Å²) in [5.41, 5.74) is 2.95. The highest BCUT2D eigenvalue weighted by molar-refractivity contribution is 6.09. The minimum Gasteiger partial charge on any atom is -0.478 e. The maximum absolute atomic E-state index is 12.5. The molecule has 0 aliphatic heterocycles. The van der Waals surface area contributed by atoms with E-state index in [0.29, 0.717) is 17.1 Å². The van der Waals surface area contributed by atoms with Gasteiger partial charge in [0.05, 0.1) is 5.56 Å². The summed E-state index contributed by atoms with van der Waals surface area (Å²) < 4.78 is 1.71. The molecule has 28 heavy (non-hydrogen) atoms. The molecule has 0 atom stereocenters. The Morgan fingerprint density at radius 1 is 1.11 bits per heavy atom. The van der Waals surface area contributed by atoms with Crippen molar-refractivity contribution < 1.29 is 14.7 Å². The number of carbonyl (C=O) groups is 2. The zero-order valence-electron chi connectivity index (χ0n) is 15.1. The topological polar surface area (TPSA) is 95.1 Å². The number of anilines is 1. The molecule has 6 heteroatoms. The third kappa shape index (κ3) is 4.17. The Morgan fingerprint density at radius 3 is 2.54 bits per heavy atom. The third-order valence-electron chi connectivity index (χ3n) is 4.12. The molecule has 0 fully saturated rings. The van der Waals surface area contributed by atoms with Gasteiger partial charge in [-0.2, -0.15) is 5.26 Å². The molecule has 2 N–H and O–H groups in total. The molecule has 6 nitrogen and oxygen atoms in total. The van der Waals surface area contributed by atoms with Crippen LogP contribution in [0, 0.1) is 18.3 Å². The lowest BCUT2D eigenvalue weighted by Crippen LogP contribution is -2.13. The minimum absolute atomic E-state index is 0.0603. The van der Waals surface area contributed by atoms with Gasteiger partial charge in [-0.1, -0.05) is 23.8 Å². The molecule has 3 aromatic rings. The first-order chi connectivity index (χ1) is 13.5. The van der Waals surface area contributed by atoms with E-state index >= 15 is 0 Å². The number of rotatable bonds is 5. The SMILES string of the molecule is Cc1ccc(NC(=O)C(C#N)=Cc2cccn2-c2cccc(C(=O)O)c2)cc1. The van der Waals surface area contributed by atoms with Crippen LogP contribution in [0.4, 0.5) is 5.69 Å². The van der Waals surface area contributed by atoms with Crippen molar-refractivity contribution in [1.29, 1.82) is 5.26 Å². The average molecular weight is 371 g/mol. The van der Waals surface area contributed by atoms with Crippen molar-refractivity contribution in [3.05, 3.63) is 89.3 Å². The van der Waals surface area contributed by atoms with E-state index in [0.717, 1.165) is 5.56 Å². The van der Waals surface area contributed by atoms with Gasteiger partial charge in [0.25, 0.3) is 5.91 Å². The van der Waals surface area contributed by atoms with Crippen molar-refractivity contribution in [3.8, 4) is 11.8 Å². The number of carboxylic acid groups (broad SMARTS) is 1. The van der Waals surface area contributed by atoms with Gasteiger partial charge in [-0.3, -0.25) is 4.79 Å². The van der Waals surface area contributed by atoms with E-state index in [1.165, 1.54) is 18.2 Å². The molecule has 1 aromatic heterocycles. The first kappa shape index (κ1) is 18.7. The lowest BCUT2D eigenvalue weighted by Gasteiger charge is -2.09. The molecule has 0 spiro atoms. The summed E-state index contributed by atoms with van der Waals surface area (Å²) in [6.07, 6.45) is 3.20. The molecule has 3 rings (SSSR count). The highest BCUT2D eigenvalue weighted by Crippen LogP contribution is 2.18. The normalized spacial score (nSPS) is 10.9. The van der Waals surface area contributed by atoms with E-state index in [2.05, 4.69) is 5.32 Å². The van der Waals surface area contributed by atoms with Crippen LogP contribution in [0.5, 0.6) is 0 Å². The van der Waals surface area contributed by atoms with Crippen molar-refractivity contribution in [2.24, 2.45) is 0 Å². The van der Waals surface area contributed by atoms with Crippen LogP contribution in [0.15, 0.2) is 72.4 Å². The van der Waals surface area contributed by atoms with E-state index in [1.54, 1.807) is 47.2 Å². The molecule has 1 amide bonds. The van der Waals surface area contributed by atoms with Crippen LogP contribution in [-0.2, 0) is 4.79 Å². The first-order valence-electron chi connectivity index (χ1n) is 8.49. The molecule has 0 saturated heterocycles. The molecule has 0 saturated carbocycles. The summed E-state index contributed by atoms with van der Waals surface area (Å²) in [4.78, 5) is 23.7. The van der Waals surface area contributed by atoms with Gasteiger partial charge in [0.2, 0.25) is 0 Å². The zero-order chi connectivity index (χ0) is 20.1. The van der Waals surface area contributed by atoms with Crippen molar-refractivity contribution in [3.63, 3.8) is 0 Å². The van der Waals surface area contributed by atoms with Crippen molar-refractivity contribution >= 4 is 23.6 Å². The monoisotopic (exact) mass is 371 g/mol. The van der Waals surface area contributed by atoms with Crippen molar-refractivity contribution in [2.75, 3.05) is 5.32 Å². The second-order valence-electron chi connectivity index (χ2n) is 6.15. The Morgan fingerprint density at radius 2 is 1.86 bits per heavy atom. The van der Waals surface area contributed by atoms with Gasteiger partial charge in [0.1, 0.15) is 11.6 Å². The number of nitrogens with one attached hydrogen (secondary N) is 1. The lowest BCUT2D eigenvalue weighted by molar-refractivity contribution is -0.112. The number of benzene rings is 2. The fourth-order valence-electron chi connectivity index (χ4n) is 2.67. The van der Waals surface area contributed by atoms with Crippen LogP contribution in [-0.4, -0.2) is 21.6 Å². The molecule has 2 aromatic carbocycles. The molecule has 0 bridgehead atoms. The van der Waals surface area contributed by atoms with Crippen molar-refractivity contribution in [2.45, 2.75) is 6.92 Å². The number of aromatic carboxylic acids is 1. The quantitative estimate of drug-likeness (QED) is 0.523. The van der Waals surface area contributed by atoms with Gasteiger partial charge in [-0.25, -0.2) is 4.79 Å². The minimum atomic E-state index is -1.03. The Labute approximate surface area is 162 Å². The summed E-state index contributed by atoms with van der Waals surface area (Å²) in [7, 11) is 0. The second-order valence-corrected chi connectivity index (χ2v) is 6.15. The van der Waals surface area contributed by atoms with Crippen LogP contribution < -0.4 is 5.32 Å². The van der Waals surface area contributed by atoms with E-state index in [4.69, 9.17) is 0 Å². The number of nitrogens with zero attached hydrogens (tertiary/aromatic N) is 2. The predicted octanol–water partition coefficient (Wildman–Crippen LogP) is 4.03.